The molecular weight excluding hydrogens is 318 g/mol. The van der Waals surface area contributed by atoms with Gasteiger partial charge in [0.15, 0.2) is 0 Å². The fourth-order valence-corrected chi connectivity index (χ4v) is 2.50. The molecule has 0 heterocycles. The Hall–Kier alpha value is -2.73. The van der Waals surface area contributed by atoms with Crippen LogP contribution < -0.4 is 11.1 Å². The number of nitro benzene ring substituents is 1. The first kappa shape index (κ1) is 18.6. The van der Waals surface area contributed by atoms with Gasteiger partial charge >= 0.3 is 0 Å². The van der Waals surface area contributed by atoms with Crippen molar-refractivity contribution in [2.75, 3.05) is 6.54 Å². The lowest BCUT2D eigenvalue weighted by molar-refractivity contribution is -0.385. The van der Waals surface area contributed by atoms with Gasteiger partial charge < -0.3 is 11.1 Å². The van der Waals surface area contributed by atoms with E-state index in [1.807, 2.05) is 24.3 Å². The molecule has 0 saturated heterocycles. The number of aryl methyl sites for hydroxylation is 1. The van der Waals surface area contributed by atoms with E-state index in [-0.39, 0.29) is 29.7 Å². The van der Waals surface area contributed by atoms with Crippen molar-refractivity contribution in [2.24, 2.45) is 5.73 Å². The molecule has 6 nitrogen and oxygen atoms in total. The molecule has 0 aliphatic rings. The number of hydrogen-bond acceptors (Lipinski definition) is 4. The van der Waals surface area contributed by atoms with Crippen molar-refractivity contribution in [3.8, 4) is 0 Å². The van der Waals surface area contributed by atoms with Gasteiger partial charge in [-0.05, 0) is 30.0 Å². The maximum absolute atomic E-state index is 12.2. The molecular formula is C19H23N3O3. The van der Waals surface area contributed by atoms with E-state index in [9.17, 15) is 14.9 Å². The van der Waals surface area contributed by atoms with Gasteiger partial charge in [0.25, 0.3) is 11.6 Å². The predicted octanol–water partition coefficient (Wildman–Crippen LogP) is 3.46. The minimum atomic E-state index is -0.492. The monoisotopic (exact) mass is 341 g/mol. The van der Waals surface area contributed by atoms with Crippen LogP contribution in [0.1, 0.15) is 52.9 Å². The van der Waals surface area contributed by atoms with Crippen molar-refractivity contribution in [2.45, 2.75) is 32.7 Å². The maximum Gasteiger partial charge on any atom is 0.273 e. The molecule has 0 fully saturated rings. The van der Waals surface area contributed by atoms with E-state index in [2.05, 4.69) is 19.2 Å². The van der Waals surface area contributed by atoms with E-state index in [0.29, 0.717) is 11.5 Å². The maximum atomic E-state index is 12.2. The molecule has 0 bridgehead atoms. The number of carbonyl (C=O) groups is 1. The summed E-state index contributed by atoms with van der Waals surface area (Å²) < 4.78 is 0. The Morgan fingerprint density at radius 2 is 1.76 bits per heavy atom. The van der Waals surface area contributed by atoms with Crippen LogP contribution in [0.3, 0.4) is 0 Å². The second kappa shape index (κ2) is 7.90. The standard InChI is InChI=1S/C19H23N3O3/c1-12(2)14-6-8-15(9-7-14)17(20)11-21-19(23)16-5-4-13(3)18(10-16)22(24)25/h4-10,12,17H,11,20H2,1-3H3,(H,21,23). The fraction of sp³-hybridized carbons (Fsp3) is 0.316. The third kappa shape index (κ3) is 4.64. The first-order valence-corrected chi connectivity index (χ1v) is 8.18. The van der Waals surface area contributed by atoms with E-state index in [1.165, 1.54) is 11.6 Å². The number of rotatable bonds is 6. The number of amides is 1. The minimum Gasteiger partial charge on any atom is -0.350 e. The average molecular weight is 341 g/mol. The molecule has 0 aromatic heterocycles. The van der Waals surface area contributed by atoms with Gasteiger partial charge in [0.2, 0.25) is 0 Å². The summed E-state index contributed by atoms with van der Waals surface area (Å²) in [5.41, 5.74) is 8.98. The molecule has 6 heteroatoms. The van der Waals surface area contributed by atoms with Crippen molar-refractivity contribution >= 4 is 11.6 Å². The minimum absolute atomic E-state index is 0.0683. The van der Waals surface area contributed by atoms with Crippen molar-refractivity contribution in [3.63, 3.8) is 0 Å². The first-order valence-electron chi connectivity index (χ1n) is 8.18. The van der Waals surface area contributed by atoms with Gasteiger partial charge in [-0.1, -0.05) is 44.2 Å². The Kier molecular flexibility index (Phi) is 5.88. The van der Waals surface area contributed by atoms with Gasteiger partial charge in [-0.2, -0.15) is 0 Å². The quantitative estimate of drug-likeness (QED) is 0.621. The highest BCUT2D eigenvalue weighted by molar-refractivity contribution is 5.95. The summed E-state index contributed by atoms with van der Waals surface area (Å²) in [6, 6.07) is 12.1. The van der Waals surface area contributed by atoms with Gasteiger partial charge in [-0.15, -0.1) is 0 Å². The van der Waals surface area contributed by atoms with Crippen molar-refractivity contribution in [1.82, 2.24) is 5.32 Å². The molecule has 2 aromatic carbocycles. The zero-order chi connectivity index (χ0) is 18.6. The smallest absolute Gasteiger partial charge is 0.273 e. The van der Waals surface area contributed by atoms with Crippen LogP contribution in [0.4, 0.5) is 5.69 Å². The number of benzene rings is 2. The molecule has 0 aliphatic heterocycles. The van der Waals surface area contributed by atoms with Gasteiger partial charge in [-0.25, -0.2) is 0 Å². The second-order valence-corrected chi connectivity index (χ2v) is 6.40. The molecule has 2 aromatic rings. The Morgan fingerprint density at radius 1 is 1.16 bits per heavy atom. The van der Waals surface area contributed by atoms with Crippen molar-refractivity contribution in [3.05, 3.63) is 74.8 Å². The molecule has 1 atom stereocenters. The largest absolute Gasteiger partial charge is 0.350 e. The van der Waals surface area contributed by atoms with Gasteiger partial charge in [0, 0.05) is 29.8 Å². The highest BCUT2D eigenvalue weighted by atomic mass is 16.6. The molecule has 1 unspecified atom stereocenters. The lowest BCUT2D eigenvalue weighted by atomic mass is 9.99. The second-order valence-electron chi connectivity index (χ2n) is 6.40. The number of nitrogens with one attached hydrogen (secondary N) is 1. The highest BCUT2D eigenvalue weighted by Gasteiger charge is 2.16. The first-order chi connectivity index (χ1) is 11.8. The predicted molar refractivity (Wildman–Crippen MR) is 97.6 cm³/mol. The van der Waals surface area contributed by atoms with Gasteiger partial charge in [-0.3, -0.25) is 14.9 Å². The van der Waals surface area contributed by atoms with Gasteiger partial charge in [0.1, 0.15) is 0 Å². The Morgan fingerprint density at radius 3 is 2.32 bits per heavy atom. The summed E-state index contributed by atoms with van der Waals surface area (Å²) in [6.07, 6.45) is 0. The zero-order valence-corrected chi connectivity index (χ0v) is 14.7. The van der Waals surface area contributed by atoms with E-state index >= 15 is 0 Å². The normalized spacial score (nSPS) is 12.0. The molecule has 1 amide bonds. The molecule has 0 spiro atoms. The van der Waals surface area contributed by atoms with E-state index in [0.717, 1.165) is 5.56 Å². The topological polar surface area (TPSA) is 98.3 Å². The lowest BCUT2D eigenvalue weighted by Gasteiger charge is -2.14. The van der Waals surface area contributed by atoms with Crippen molar-refractivity contribution in [1.29, 1.82) is 0 Å². The summed E-state index contributed by atoms with van der Waals surface area (Å²) in [4.78, 5) is 22.7. The molecule has 0 saturated carbocycles. The fourth-order valence-electron chi connectivity index (χ4n) is 2.50. The van der Waals surface area contributed by atoms with E-state index < -0.39 is 4.92 Å². The van der Waals surface area contributed by atoms with E-state index in [1.54, 1.807) is 19.1 Å². The number of nitro groups is 1. The third-order valence-electron chi connectivity index (χ3n) is 4.18. The van der Waals surface area contributed by atoms with Crippen molar-refractivity contribution < 1.29 is 9.72 Å². The van der Waals surface area contributed by atoms with Crippen LogP contribution in [-0.2, 0) is 0 Å². The lowest BCUT2D eigenvalue weighted by Crippen LogP contribution is -2.32. The number of nitrogens with zero attached hydrogens (tertiary/aromatic N) is 1. The van der Waals surface area contributed by atoms with Crippen LogP contribution in [0.5, 0.6) is 0 Å². The molecule has 25 heavy (non-hydrogen) atoms. The zero-order valence-electron chi connectivity index (χ0n) is 14.7. The third-order valence-corrected chi connectivity index (χ3v) is 4.18. The van der Waals surface area contributed by atoms with Crippen LogP contribution in [0, 0.1) is 17.0 Å². The Balaban J connectivity index is 2.01. The van der Waals surface area contributed by atoms with Crippen LogP contribution in [-0.4, -0.2) is 17.4 Å². The highest BCUT2D eigenvalue weighted by Crippen LogP contribution is 2.20. The SMILES string of the molecule is Cc1ccc(C(=O)NCC(N)c2ccc(C(C)C)cc2)cc1[N+](=O)[O-]. The summed E-state index contributed by atoms with van der Waals surface area (Å²) >= 11 is 0. The van der Waals surface area contributed by atoms with Crippen LogP contribution in [0.25, 0.3) is 0 Å². The number of nitrogens with two attached hydrogens (primary N) is 1. The van der Waals surface area contributed by atoms with Crippen LogP contribution >= 0.6 is 0 Å². The van der Waals surface area contributed by atoms with Crippen LogP contribution in [0.15, 0.2) is 42.5 Å². The molecule has 0 aliphatic carbocycles. The molecule has 2 rings (SSSR count). The van der Waals surface area contributed by atoms with Crippen LogP contribution in [0.2, 0.25) is 0 Å². The number of carbonyl (C=O) groups excluding carboxylic acids is 1. The summed E-state index contributed by atoms with van der Waals surface area (Å²) in [7, 11) is 0. The summed E-state index contributed by atoms with van der Waals surface area (Å²) in [5, 5.41) is 13.7. The Labute approximate surface area is 147 Å². The number of hydrogen-bond donors (Lipinski definition) is 2. The summed E-state index contributed by atoms with van der Waals surface area (Å²) in [6.45, 7) is 6.13. The Bertz CT molecular complexity index is 770. The molecule has 132 valence electrons. The van der Waals surface area contributed by atoms with E-state index in [4.69, 9.17) is 5.73 Å². The molecule has 3 N–H and O–H groups in total. The average Bonchev–Trinajstić information content (AvgIpc) is 2.59. The summed E-state index contributed by atoms with van der Waals surface area (Å²) in [5.74, 6) is 0.0691. The van der Waals surface area contributed by atoms with Gasteiger partial charge in [0.05, 0.1) is 4.92 Å². The molecule has 0 radical (unpaired) electrons.